The summed E-state index contributed by atoms with van der Waals surface area (Å²) >= 11 is 0. The molecule has 0 aromatic heterocycles. The Balaban J connectivity index is 1.65. The van der Waals surface area contributed by atoms with Crippen molar-refractivity contribution in [3.8, 4) is 17.2 Å². The number of ether oxygens (including phenoxy) is 4. The molecule has 0 saturated carbocycles. The molecule has 29 heavy (non-hydrogen) atoms. The van der Waals surface area contributed by atoms with Crippen LogP contribution in [0.2, 0.25) is 0 Å². The van der Waals surface area contributed by atoms with E-state index in [-0.39, 0.29) is 5.91 Å². The number of hydrogen-bond donors (Lipinski definition) is 0. The maximum Gasteiger partial charge on any atom is 0.246 e. The highest BCUT2D eigenvalue weighted by Gasteiger charge is 2.16. The van der Waals surface area contributed by atoms with Crippen molar-refractivity contribution in [1.82, 2.24) is 9.80 Å². The fourth-order valence-corrected chi connectivity index (χ4v) is 3.35. The highest BCUT2D eigenvalue weighted by Crippen LogP contribution is 2.39. The molecule has 1 aromatic rings. The van der Waals surface area contributed by atoms with Crippen molar-refractivity contribution in [1.29, 1.82) is 0 Å². The topological polar surface area (TPSA) is 60.5 Å². The van der Waals surface area contributed by atoms with Crippen LogP contribution in [0.4, 0.5) is 0 Å². The van der Waals surface area contributed by atoms with E-state index in [2.05, 4.69) is 11.0 Å². The number of methoxy groups -OCH3 is 2. The van der Waals surface area contributed by atoms with Crippen LogP contribution in [0.15, 0.2) is 30.4 Å². The molecule has 158 valence electrons. The Hall–Kier alpha value is -2.51. The smallest absolute Gasteiger partial charge is 0.246 e. The molecule has 2 aliphatic rings. The van der Waals surface area contributed by atoms with Crippen LogP contribution in [-0.4, -0.2) is 82.5 Å². The number of carbonyl (C=O) groups is 1. The lowest BCUT2D eigenvalue weighted by Crippen LogP contribution is -2.38. The van der Waals surface area contributed by atoms with Crippen molar-refractivity contribution < 1.29 is 23.7 Å². The number of hydrogen-bond acceptors (Lipinski definition) is 6. The Morgan fingerprint density at radius 1 is 1.10 bits per heavy atom. The molecule has 2 heterocycles. The lowest BCUT2D eigenvalue weighted by Gasteiger charge is -2.26. The van der Waals surface area contributed by atoms with Gasteiger partial charge in [0, 0.05) is 38.8 Å². The minimum Gasteiger partial charge on any atom is -0.493 e. The zero-order valence-electron chi connectivity index (χ0n) is 17.3. The molecular weight excluding hydrogens is 372 g/mol. The quantitative estimate of drug-likeness (QED) is 0.491. The first-order valence-electron chi connectivity index (χ1n) is 10.0. The van der Waals surface area contributed by atoms with Crippen LogP contribution in [0.3, 0.4) is 0 Å². The van der Waals surface area contributed by atoms with E-state index in [1.807, 2.05) is 23.1 Å². The number of rotatable bonds is 8. The lowest BCUT2D eigenvalue weighted by atomic mass is 10.1. The van der Waals surface area contributed by atoms with Crippen molar-refractivity contribution in [3.05, 3.63) is 35.9 Å². The van der Waals surface area contributed by atoms with E-state index in [9.17, 15) is 4.79 Å². The minimum atomic E-state index is -0.00174. The second-order valence-corrected chi connectivity index (χ2v) is 6.93. The van der Waals surface area contributed by atoms with Gasteiger partial charge in [0.05, 0.1) is 27.4 Å². The summed E-state index contributed by atoms with van der Waals surface area (Å²) in [4.78, 5) is 16.5. The maximum atomic E-state index is 12.3. The summed E-state index contributed by atoms with van der Waals surface area (Å²) in [7, 11) is 3.20. The van der Waals surface area contributed by atoms with Gasteiger partial charge in [-0.1, -0.05) is 12.2 Å². The molecule has 0 aliphatic carbocycles. The number of amides is 1. The van der Waals surface area contributed by atoms with E-state index in [0.717, 1.165) is 51.4 Å². The fourth-order valence-electron chi connectivity index (χ4n) is 3.35. The van der Waals surface area contributed by atoms with Gasteiger partial charge in [-0.2, -0.15) is 0 Å². The zero-order valence-corrected chi connectivity index (χ0v) is 17.3. The van der Waals surface area contributed by atoms with Gasteiger partial charge >= 0.3 is 0 Å². The number of nitrogens with zero attached hydrogens (tertiary/aromatic N) is 2. The largest absolute Gasteiger partial charge is 0.493 e. The standard InChI is InChI=1S/C22H30N2O5/c1-26-19-16-18(6-7-21(25)24-8-4-3-5-9-24)17-20(27-2)22(19)29-15-12-23-10-13-28-14-11-23/h3-4,6-7,16-17H,5,8-15H2,1-2H3. The molecule has 0 spiro atoms. The maximum absolute atomic E-state index is 12.3. The molecule has 2 aliphatic heterocycles. The molecule has 7 heteroatoms. The van der Waals surface area contributed by atoms with Gasteiger partial charge in [-0.25, -0.2) is 0 Å². The first-order valence-corrected chi connectivity index (χ1v) is 10.0. The second kappa shape index (κ2) is 10.9. The van der Waals surface area contributed by atoms with Gasteiger partial charge in [0.2, 0.25) is 11.7 Å². The SMILES string of the molecule is COc1cc(C=CC(=O)N2CC=CCC2)cc(OC)c1OCCN1CCOCC1. The van der Waals surface area contributed by atoms with Crippen LogP contribution < -0.4 is 14.2 Å². The predicted octanol–water partition coefficient (Wildman–Crippen LogP) is 2.22. The third-order valence-corrected chi connectivity index (χ3v) is 5.03. The van der Waals surface area contributed by atoms with Crippen LogP contribution in [0.25, 0.3) is 6.08 Å². The van der Waals surface area contributed by atoms with E-state index in [0.29, 0.717) is 30.4 Å². The summed E-state index contributed by atoms with van der Waals surface area (Å²) in [5, 5.41) is 0. The minimum absolute atomic E-state index is 0.00174. The monoisotopic (exact) mass is 402 g/mol. The van der Waals surface area contributed by atoms with Gasteiger partial charge in [0.25, 0.3) is 0 Å². The van der Waals surface area contributed by atoms with Gasteiger partial charge in [0.1, 0.15) is 6.61 Å². The Kier molecular flexibility index (Phi) is 7.95. The summed E-state index contributed by atoms with van der Waals surface area (Å²) < 4.78 is 22.4. The van der Waals surface area contributed by atoms with Crippen molar-refractivity contribution in [3.63, 3.8) is 0 Å². The summed E-state index contributed by atoms with van der Waals surface area (Å²) in [6.45, 7) is 6.12. The first-order chi connectivity index (χ1) is 14.2. The molecule has 0 unspecified atom stereocenters. The van der Waals surface area contributed by atoms with E-state index in [1.165, 1.54) is 0 Å². The summed E-state index contributed by atoms with van der Waals surface area (Å²) in [5.74, 6) is 1.74. The molecule has 1 fully saturated rings. The Bertz CT molecular complexity index is 716. The molecule has 1 amide bonds. The van der Waals surface area contributed by atoms with Crippen LogP contribution in [0.5, 0.6) is 17.2 Å². The van der Waals surface area contributed by atoms with Crippen LogP contribution in [-0.2, 0) is 9.53 Å². The molecule has 3 rings (SSSR count). The van der Waals surface area contributed by atoms with Gasteiger partial charge in [-0.3, -0.25) is 9.69 Å². The Morgan fingerprint density at radius 2 is 1.83 bits per heavy atom. The number of benzene rings is 1. The highest BCUT2D eigenvalue weighted by atomic mass is 16.5. The van der Waals surface area contributed by atoms with Gasteiger partial charge < -0.3 is 23.8 Å². The third-order valence-electron chi connectivity index (χ3n) is 5.03. The van der Waals surface area contributed by atoms with Crippen LogP contribution in [0, 0.1) is 0 Å². The third kappa shape index (κ3) is 5.98. The van der Waals surface area contributed by atoms with Crippen molar-refractivity contribution >= 4 is 12.0 Å². The molecule has 1 aromatic carbocycles. The van der Waals surface area contributed by atoms with Crippen LogP contribution >= 0.6 is 0 Å². The highest BCUT2D eigenvalue weighted by molar-refractivity contribution is 5.92. The van der Waals surface area contributed by atoms with Gasteiger partial charge in [0.15, 0.2) is 11.5 Å². The zero-order chi connectivity index (χ0) is 20.5. The molecule has 0 radical (unpaired) electrons. The Morgan fingerprint density at radius 3 is 2.45 bits per heavy atom. The molecule has 0 N–H and O–H groups in total. The van der Waals surface area contributed by atoms with Gasteiger partial charge in [-0.15, -0.1) is 0 Å². The van der Waals surface area contributed by atoms with E-state index >= 15 is 0 Å². The van der Waals surface area contributed by atoms with Crippen molar-refractivity contribution in [2.75, 3.05) is 66.8 Å². The summed E-state index contributed by atoms with van der Waals surface area (Å²) in [5.41, 5.74) is 0.820. The van der Waals surface area contributed by atoms with Gasteiger partial charge in [-0.05, 0) is 30.2 Å². The predicted molar refractivity (Wildman–Crippen MR) is 112 cm³/mol. The number of morpholine rings is 1. The normalized spacial score (nSPS) is 17.5. The molecule has 1 saturated heterocycles. The van der Waals surface area contributed by atoms with Crippen molar-refractivity contribution in [2.45, 2.75) is 6.42 Å². The number of carbonyl (C=O) groups excluding carboxylic acids is 1. The molecule has 0 bridgehead atoms. The molecule has 0 atom stereocenters. The second-order valence-electron chi connectivity index (χ2n) is 6.93. The van der Waals surface area contributed by atoms with Crippen molar-refractivity contribution in [2.24, 2.45) is 0 Å². The average molecular weight is 402 g/mol. The molecule has 7 nitrogen and oxygen atoms in total. The lowest BCUT2D eigenvalue weighted by molar-refractivity contribution is -0.125. The molecular formula is C22H30N2O5. The first kappa shape index (κ1) is 21.2. The van der Waals surface area contributed by atoms with E-state index in [4.69, 9.17) is 18.9 Å². The fraction of sp³-hybridized carbons (Fsp3) is 0.500. The summed E-state index contributed by atoms with van der Waals surface area (Å²) in [6.07, 6.45) is 8.39. The average Bonchev–Trinajstić information content (AvgIpc) is 2.78. The van der Waals surface area contributed by atoms with E-state index in [1.54, 1.807) is 26.4 Å². The summed E-state index contributed by atoms with van der Waals surface area (Å²) in [6, 6.07) is 3.71. The van der Waals surface area contributed by atoms with E-state index < -0.39 is 0 Å². The Labute approximate surface area is 172 Å². The van der Waals surface area contributed by atoms with Crippen LogP contribution in [0.1, 0.15) is 12.0 Å².